The van der Waals surface area contributed by atoms with E-state index in [0.717, 1.165) is 12.1 Å². The van der Waals surface area contributed by atoms with Crippen LogP contribution < -0.4 is 5.06 Å². The molecule has 0 fully saturated rings. The Morgan fingerprint density at radius 3 is 2.58 bits per heavy atom. The van der Waals surface area contributed by atoms with Gasteiger partial charge in [-0.05, 0) is 40.8 Å². The zero-order valence-corrected chi connectivity index (χ0v) is 11.0. The first kappa shape index (κ1) is 11.9. The average Bonchev–Trinajstić information content (AvgIpc) is 2.76. The Hall–Kier alpha value is -2.13. The topological polar surface area (TPSA) is 29.5 Å². The number of benzene rings is 2. The van der Waals surface area contributed by atoms with E-state index in [0.29, 0.717) is 0 Å². The average molecular weight is 253 g/mol. The normalized spacial score (nSPS) is 11.9. The third-order valence-electron chi connectivity index (χ3n) is 3.48. The summed E-state index contributed by atoms with van der Waals surface area (Å²) in [5.41, 5.74) is 5.89. The largest absolute Gasteiger partial charge is 0.273 e. The number of carbonyl (C=O) groups is 1. The number of amides is 1. The summed E-state index contributed by atoms with van der Waals surface area (Å²) in [7, 11) is 1.50. The van der Waals surface area contributed by atoms with Gasteiger partial charge >= 0.3 is 0 Å². The highest BCUT2D eigenvalue weighted by Gasteiger charge is 2.20. The van der Waals surface area contributed by atoms with E-state index < -0.39 is 0 Å². The van der Waals surface area contributed by atoms with Gasteiger partial charge in [0.1, 0.15) is 0 Å². The maximum absolute atomic E-state index is 11.5. The number of fused-ring (bicyclic) bond motifs is 3. The van der Waals surface area contributed by atoms with Gasteiger partial charge < -0.3 is 0 Å². The first-order chi connectivity index (χ1) is 9.20. The van der Waals surface area contributed by atoms with Gasteiger partial charge in [0.2, 0.25) is 5.91 Å². The summed E-state index contributed by atoms with van der Waals surface area (Å²) in [6, 6.07) is 14.4. The Balaban J connectivity index is 2.04. The summed E-state index contributed by atoms with van der Waals surface area (Å²) in [6.07, 6.45) is 0.912. The van der Waals surface area contributed by atoms with Crippen LogP contribution in [-0.4, -0.2) is 13.0 Å². The molecule has 2 aromatic rings. The summed E-state index contributed by atoms with van der Waals surface area (Å²) in [4.78, 5) is 16.6. The van der Waals surface area contributed by atoms with Gasteiger partial charge in [-0.2, -0.15) is 5.06 Å². The standard InChI is InChI=1S/C16H15NO2/c1-11(18)17(19-2)14-7-8-16-13(10-14)9-12-5-3-4-6-15(12)16/h3-8,10H,9H2,1-2H3. The fourth-order valence-electron chi connectivity index (χ4n) is 2.67. The van der Waals surface area contributed by atoms with E-state index >= 15 is 0 Å². The quantitative estimate of drug-likeness (QED) is 0.656. The lowest BCUT2D eigenvalue weighted by molar-refractivity contribution is -0.122. The summed E-state index contributed by atoms with van der Waals surface area (Å²) >= 11 is 0. The Morgan fingerprint density at radius 2 is 1.84 bits per heavy atom. The van der Waals surface area contributed by atoms with Crippen LogP contribution in [0.25, 0.3) is 11.1 Å². The van der Waals surface area contributed by atoms with Crippen LogP contribution in [0.4, 0.5) is 5.69 Å². The van der Waals surface area contributed by atoms with Crippen LogP contribution in [0.15, 0.2) is 42.5 Å². The molecule has 0 aromatic heterocycles. The zero-order valence-electron chi connectivity index (χ0n) is 11.0. The number of rotatable bonds is 2. The van der Waals surface area contributed by atoms with Crippen molar-refractivity contribution in [3.63, 3.8) is 0 Å². The van der Waals surface area contributed by atoms with Crippen molar-refractivity contribution in [2.75, 3.05) is 12.2 Å². The van der Waals surface area contributed by atoms with Crippen LogP contribution in [0, 0.1) is 0 Å². The fraction of sp³-hybridized carbons (Fsp3) is 0.188. The molecule has 0 saturated carbocycles. The maximum Gasteiger partial charge on any atom is 0.247 e. The zero-order chi connectivity index (χ0) is 13.4. The van der Waals surface area contributed by atoms with Crippen LogP contribution in [0.5, 0.6) is 0 Å². The van der Waals surface area contributed by atoms with E-state index in [4.69, 9.17) is 4.84 Å². The highest BCUT2D eigenvalue weighted by atomic mass is 16.7. The van der Waals surface area contributed by atoms with E-state index in [1.807, 2.05) is 12.1 Å². The number of anilines is 1. The van der Waals surface area contributed by atoms with E-state index in [1.54, 1.807) is 0 Å². The van der Waals surface area contributed by atoms with Crippen molar-refractivity contribution in [3.8, 4) is 11.1 Å². The Labute approximate surface area is 112 Å². The smallest absolute Gasteiger partial charge is 0.247 e. The molecule has 0 N–H and O–H groups in total. The van der Waals surface area contributed by atoms with Crippen LogP contribution in [0.2, 0.25) is 0 Å². The van der Waals surface area contributed by atoms with Gasteiger partial charge in [-0.3, -0.25) is 9.63 Å². The van der Waals surface area contributed by atoms with E-state index in [9.17, 15) is 4.79 Å². The Kier molecular flexibility index (Phi) is 2.84. The molecule has 0 aliphatic heterocycles. The predicted octanol–water partition coefficient (Wildman–Crippen LogP) is 3.17. The molecule has 3 nitrogen and oxygen atoms in total. The van der Waals surface area contributed by atoms with Gasteiger partial charge in [0.25, 0.3) is 0 Å². The number of carbonyl (C=O) groups excluding carboxylic acids is 1. The molecular weight excluding hydrogens is 238 g/mol. The highest BCUT2D eigenvalue weighted by molar-refractivity contribution is 5.90. The van der Waals surface area contributed by atoms with Gasteiger partial charge in [-0.25, -0.2) is 0 Å². The number of hydroxylamine groups is 1. The minimum Gasteiger partial charge on any atom is -0.273 e. The minimum atomic E-state index is -0.127. The maximum atomic E-state index is 11.5. The van der Waals surface area contributed by atoms with Gasteiger partial charge in [-0.15, -0.1) is 0 Å². The first-order valence-corrected chi connectivity index (χ1v) is 6.26. The second-order valence-corrected chi connectivity index (χ2v) is 4.67. The molecule has 1 aliphatic carbocycles. The van der Waals surface area contributed by atoms with E-state index in [2.05, 4.69) is 30.3 Å². The lowest BCUT2D eigenvalue weighted by Gasteiger charge is -2.18. The van der Waals surface area contributed by atoms with Crippen molar-refractivity contribution in [1.82, 2.24) is 0 Å². The SMILES string of the molecule is CON(C(C)=O)c1ccc2c(c1)Cc1ccccc1-2. The molecule has 0 atom stereocenters. The molecule has 19 heavy (non-hydrogen) atoms. The van der Waals surface area contributed by atoms with Crippen LogP contribution in [0.1, 0.15) is 18.1 Å². The summed E-state index contributed by atoms with van der Waals surface area (Å²) in [6.45, 7) is 1.49. The van der Waals surface area contributed by atoms with Gasteiger partial charge in [0.05, 0.1) is 12.8 Å². The summed E-state index contributed by atoms with van der Waals surface area (Å²) in [5, 5.41) is 1.31. The van der Waals surface area contributed by atoms with E-state index in [1.165, 1.54) is 41.4 Å². The third kappa shape index (κ3) is 1.92. The molecule has 0 radical (unpaired) electrons. The third-order valence-corrected chi connectivity index (χ3v) is 3.48. The van der Waals surface area contributed by atoms with Crippen molar-refractivity contribution < 1.29 is 9.63 Å². The highest BCUT2D eigenvalue weighted by Crippen LogP contribution is 2.38. The summed E-state index contributed by atoms with van der Waals surface area (Å²) in [5.74, 6) is -0.127. The molecule has 0 unspecified atom stereocenters. The lowest BCUT2D eigenvalue weighted by atomic mass is 10.1. The molecule has 1 amide bonds. The predicted molar refractivity (Wildman–Crippen MR) is 74.9 cm³/mol. The van der Waals surface area contributed by atoms with Crippen molar-refractivity contribution in [2.45, 2.75) is 13.3 Å². The fourth-order valence-corrected chi connectivity index (χ4v) is 2.67. The molecule has 0 bridgehead atoms. The molecule has 2 aromatic carbocycles. The first-order valence-electron chi connectivity index (χ1n) is 6.26. The molecule has 96 valence electrons. The molecule has 0 spiro atoms. The lowest BCUT2D eigenvalue weighted by Crippen LogP contribution is -2.26. The van der Waals surface area contributed by atoms with Gasteiger partial charge in [0.15, 0.2) is 0 Å². The van der Waals surface area contributed by atoms with Crippen LogP contribution in [-0.2, 0) is 16.1 Å². The van der Waals surface area contributed by atoms with Crippen LogP contribution >= 0.6 is 0 Å². The molecular formula is C16H15NO2. The van der Waals surface area contributed by atoms with Gasteiger partial charge in [0, 0.05) is 6.92 Å². The number of hydrogen-bond donors (Lipinski definition) is 0. The van der Waals surface area contributed by atoms with E-state index in [-0.39, 0.29) is 5.91 Å². The molecule has 3 rings (SSSR count). The molecule has 0 saturated heterocycles. The van der Waals surface area contributed by atoms with Crippen LogP contribution in [0.3, 0.4) is 0 Å². The summed E-state index contributed by atoms with van der Waals surface area (Å²) < 4.78 is 0. The molecule has 3 heteroatoms. The Morgan fingerprint density at radius 1 is 1.11 bits per heavy atom. The monoisotopic (exact) mass is 253 g/mol. The molecule has 0 heterocycles. The second-order valence-electron chi connectivity index (χ2n) is 4.67. The van der Waals surface area contributed by atoms with Gasteiger partial charge in [-0.1, -0.05) is 30.3 Å². The Bertz CT molecular complexity index is 649. The van der Waals surface area contributed by atoms with Crippen molar-refractivity contribution in [1.29, 1.82) is 0 Å². The number of nitrogens with zero attached hydrogens (tertiary/aromatic N) is 1. The van der Waals surface area contributed by atoms with Crippen molar-refractivity contribution in [3.05, 3.63) is 53.6 Å². The second kappa shape index (κ2) is 4.52. The number of hydrogen-bond acceptors (Lipinski definition) is 2. The van der Waals surface area contributed by atoms with Crippen molar-refractivity contribution in [2.24, 2.45) is 0 Å². The minimum absolute atomic E-state index is 0.127. The van der Waals surface area contributed by atoms with Crippen molar-refractivity contribution >= 4 is 11.6 Å². The molecule has 1 aliphatic rings.